The molecule has 8 nitrogen and oxygen atoms in total. The van der Waals surface area contributed by atoms with Gasteiger partial charge in [-0.15, -0.1) is 0 Å². The van der Waals surface area contributed by atoms with Crippen LogP contribution in [0.5, 0.6) is 0 Å². The first kappa shape index (κ1) is 21.4. The number of aryl methyl sites for hydroxylation is 1. The number of hydrogen-bond donors (Lipinski definition) is 2. The van der Waals surface area contributed by atoms with E-state index in [0.717, 1.165) is 31.4 Å². The lowest BCUT2D eigenvalue weighted by molar-refractivity contribution is 0.0939. The highest BCUT2D eigenvalue weighted by Gasteiger charge is 2.26. The van der Waals surface area contributed by atoms with E-state index >= 15 is 0 Å². The van der Waals surface area contributed by atoms with Crippen LogP contribution in [-0.4, -0.2) is 54.7 Å². The van der Waals surface area contributed by atoms with Gasteiger partial charge in [0, 0.05) is 44.3 Å². The van der Waals surface area contributed by atoms with E-state index in [1.54, 1.807) is 30.2 Å². The van der Waals surface area contributed by atoms with Crippen molar-refractivity contribution in [2.75, 3.05) is 13.1 Å². The molecule has 5 aromatic rings. The molecular formula is C26H24FN7O. The van der Waals surface area contributed by atoms with Crippen molar-refractivity contribution < 1.29 is 9.18 Å². The van der Waals surface area contributed by atoms with Crippen LogP contribution < -0.4 is 5.32 Å². The molecule has 1 atom stereocenters. The van der Waals surface area contributed by atoms with Crippen LogP contribution in [0.3, 0.4) is 0 Å². The summed E-state index contributed by atoms with van der Waals surface area (Å²) < 4.78 is 15.3. The maximum Gasteiger partial charge on any atom is 0.255 e. The maximum atomic E-state index is 13.7. The van der Waals surface area contributed by atoms with E-state index < -0.39 is 0 Å². The average molecular weight is 470 g/mol. The van der Waals surface area contributed by atoms with Gasteiger partial charge in [-0.25, -0.2) is 14.4 Å². The fourth-order valence-electron chi connectivity index (χ4n) is 4.80. The smallest absolute Gasteiger partial charge is 0.255 e. The summed E-state index contributed by atoms with van der Waals surface area (Å²) in [5.41, 5.74) is 4.51. The number of likely N-dealkylation sites (tertiary alicyclic amines) is 1. The number of carbonyl (C=O) groups excluding carboxylic acids is 1. The number of H-pyrrole nitrogens is 1. The highest BCUT2D eigenvalue weighted by molar-refractivity contribution is 6.05. The molecule has 0 unspecified atom stereocenters. The third-order valence-corrected chi connectivity index (χ3v) is 6.54. The topological polar surface area (TPSA) is 91.7 Å². The predicted molar refractivity (Wildman–Crippen MR) is 131 cm³/mol. The molecule has 0 bridgehead atoms. The van der Waals surface area contributed by atoms with Crippen LogP contribution in [0.2, 0.25) is 0 Å². The zero-order valence-electron chi connectivity index (χ0n) is 19.2. The van der Waals surface area contributed by atoms with Crippen LogP contribution in [0.1, 0.15) is 22.3 Å². The van der Waals surface area contributed by atoms with Gasteiger partial charge in [0.2, 0.25) is 0 Å². The molecule has 1 saturated heterocycles. The molecule has 2 N–H and O–H groups in total. The lowest BCUT2D eigenvalue weighted by Gasteiger charge is -2.16. The third kappa shape index (κ3) is 4.04. The SMILES string of the molecule is Cn1nc(-c2cnc3[nH]cc(C(=O)N[C@@H]4CCN(Cc5ccccc5)C4)c3n2)c2ccc(F)cc21. The normalized spacial score (nSPS) is 16.3. The van der Waals surface area contributed by atoms with Crippen LogP contribution >= 0.6 is 0 Å². The number of carbonyl (C=O) groups is 1. The number of aromatic nitrogens is 5. The Labute approximate surface area is 200 Å². The number of nitrogens with one attached hydrogen (secondary N) is 2. The van der Waals surface area contributed by atoms with Gasteiger partial charge in [-0.3, -0.25) is 14.4 Å². The van der Waals surface area contributed by atoms with Gasteiger partial charge in [-0.1, -0.05) is 30.3 Å². The predicted octanol–water partition coefficient (Wildman–Crippen LogP) is 3.66. The molecule has 2 aromatic carbocycles. The summed E-state index contributed by atoms with van der Waals surface area (Å²) in [4.78, 5) is 27.7. The monoisotopic (exact) mass is 469 g/mol. The highest BCUT2D eigenvalue weighted by atomic mass is 19.1. The Morgan fingerprint density at radius 2 is 2.09 bits per heavy atom. The van der Waals surface area contributed by atoms with E-state index in [0.29, 0.717) is 33.6 Å². The summed E-state index contributed by atoms with van der Waals surface area (Å²) >= 11 is 0. The lowest BCUT2D eigenvalue weighted by Crippen LogP contribution is -2.37. The van der Waals surface area contributed by atoms with Crippen molar-refractivity contribution in [2.45, 2.75) is 19.0 Å². The molecule has 3 aromatic heterocycles. The molecule has 0 spiro atoms. The second kappa shape index (κ2) is 8.59. The molecule has 35 heavy (non-hydrogen) atoms. The Bertz CT molecular complexity index is 1540. The van der Waals surface area contributed by atoms with Crippen molar-refractivity contribution in [1.29, 1.82) is 0 Å². The average Bonchev–Trinajstić information content (AvgIpc) is 3.57. The van der Waals surface area contributed by atoms with Crippen molar-refractivity contribution in [2.24, 2.45) is 7.05 Å². The van der Waals surface area contributed by atoms with E-state index in [1.165, 1.54) is 17.7 Å². The summed E-state index contributed by atoms with van der Waals surface area (Å²) in [5.74, 6) is -0.505. The van der Waals surface area contributed by atoms with E-state index in [-0.39, 0.29) is 17.8 Å². The second-order valence-electron chi connectivity index (χ2n) is 8.97. The minimum absolute atomic E-state index is 0.0712. The van der Waals surface area contributed by atoms with E-state index in [2.05, 4.69) is 37.4 Å². The van der Waals surface area contributed by atoms with Crippen LogP contribution in [0.25, 0.3) is 33.5 Å². The Morgan fingerprint density at radius 1 is 1.23 bits per heavy atom. The summed E-state index contributed by atoms with van der Waals surface area (Å²) in [5, 5.41) is 8.45. The fourth-order valence-corrected chi connectivity index (χ4v) is 4.80. The molecule has 0 radical (unpaired) electrons. The van der Waals surface area contributed by atoms with Gasteiger partial charge in [0.15, 0.2) is 5.65 Å². The van der Waals surface area contributed by atoms with E-state index in [1.807, 2.05) is 18.2 Å². The molecule has 0 aliphatic carbocycles. The number of halogens is 1. The highest BCUT2D eigenvalue weighted by Crippen LogP contribution is 2.28. The van der Waals surface area contributed by atoms with E-state index in [9.17, 15) is 9.18 Å². The van der Waals surface area contributed by atoms with Crippen molar-refractivity contribution in [3.05, 3.63) is 77.9 Å². The summed E-state index contributed by atoms with van der Waals surface area (Å²) in [7, 11) is 1.76. The third-order valence-electron chi connectivity index (χ3n) is 6.54. The van der Waals surface area contributed by atoms with Gasteiger partial charge in [0.05, 0.1) is 17.3 Å². The zero-order valence-corrected chi connectivity index (χ0v) is 19.2. The number of amides is 1. The van der Waals surface area contributed by atoms with Crippen LogP contribution in [0, 0.1) is 5.82 Å². The van der Waals surface area contributed by atoms with Crippen molar-refractivity contribution in [3.8, 4) is 11.4 Å². The number of aromatic amines is 1. The van der Waals surface area contributed by atoms with Crippen LogP contribution in [-0.2, 0) is 13.6 Å². The number of benzene rings is 2. The first-order valence-electron chi connectivity index (χ1n) is 11.6. The molecule has 6 rings (SSSR count). The van der Waals surface area contributed by atoms with E-state index in [4.69, 9.17) is 4.98 Å². The standard InChI is InChI=1S/C26H24FN7O/c1-33-22-11-17(27)7-8-19(22)23(32-33)21-13-29-25-24(31-21)20(12-28-25)26(35)30-18-9-10-34(15-18)14-16-5-3-2-4-6-16/h2-8,11-13,18H,9-10,14-15H2,1H3,(H,28,29)(H,30,35)/t18-/m1/s1. The maximum absolute atomic E-state index is 13.7. The number of nitrogens with zero attached hydrogens (tertiary/aromatic N) is 5. The van der Waals surface area contributed by atoms with Crippen molar-refractivity contribution >= 4 is 28.0 Å². The molecule has 1 aliphatic heterocycles. The first-order valence-corrected chi connectivity index (χ1v) is 11.6. The van der Waals surface area contributed by atoms with Gasteiger partial charge >= 0.3 is 0 Å². The van der Waals surface area contributed by atoms with Crippen LogP contribution in [0.4, 0.5) is 4.39 Å². The quantitative estimate of drug-likeness (QED) is 0.410. The number of fused-ring (bicyclic) bond motifs is 2. The number of rotatable bonds is 5. The molecule has 1 fully saturated rings. The van der Waals surface area contributed by atoms with Crippen LogP contribution in [0.15, 0.2) is 60.9 Å². The van der Waals surface area contributed by atoms with Gasteiger partial charge in [0.25, 0.3) is 5.91 Å². The Balaban J connectivity index is 1.23. The van der Waals surface area contributed by atoms with Gasteiger partial charge in [-0.05, 0) is 30.2 Å². The molecule has 9 heteroatoms. The second-order valence-corrected chi connectivity index (χ2v) is 8.97. The largest absolute Gasteiger partial charge is 0.348 e. The first-order chi connectivity index (χ1) is 17.0. The Morgan fingerprint density at radius 3 is 2.94 bits per heavy atom. The molecule has 1 aliphatic rings. The minimum Gasteiger partial charge on any atom is -0.348 e. The molecule has 4 heterocycles. The summed E-state index contributed by atoms with van der Waals surface area (Å²) in [6.07, 6.45) is 4.16. The molecule has 0 saturated carbocycles. The van der Waals surface area contributed by atoms with Gasteiger partial charge in [0.1, 0.15) is 22.7 Å². The van der Waals surface area contributed by atoms with Gasteiger partial charge < -0.3 is 10.3 Å². The molecule has 176 valence electrons. The minimum atomic E-state index is -0.326. The Kier molecular flexibility index (Phi) is 5.26. The molecular weight excluding hydrogens is 445 g/mol. The zero-order chi connectivity index (χ0) is 23.9. The summed E-state index contributed by atoms with van der Waals surface area (Å²) in [6.45, 7) is 2.61. The Hall–Kier alpha value is -4.11. The van der Waals surface area contributed by atoms with Crippen molar-refractivity contribution in [1.82, 2.24) is 34.9 Å². The summed E-state index contributed by atoms with van der Waals surface area (Å²) in [6, 6.07) is 14.9. The fraction of sp³-hybridized carbons (Fsp3) is 0.231. The number of hydrogen-bond acceptors (Lipinski definition) is 5. The van der Waals surface area contributed by atoms with Crippen molar-refractivity contribution in [3.63, 3.8) is 0 Å². The lowest BCUT2D eigenvalue weighted by atomic mass is 10.1. The van der Waals surface area contributed by atoms with Gasteiger partial charge in [-0.2, -0.15) is 5.10 Å². The molecule has 1 amide bonds.